The van der Waals surface area contributed by atoms with Crippen molar-refractivity contribution < 1.29 is 17.6 Å². The van der Waals surface area contributed by atoms with Crippen LogP contribution in [0.4, 0.5) is 4.39 Å². The molecule has 4 rings (SSSR count). The third-order valence-electron chi connectivity index (χ3n) is 5.36. The first kappa shape index (κ1) is 21.2. The van der Waals surface area contributed by atoms with Gasteiger partial charge in [0.15, 0.2) is 0 Å². The number of carbonyl (C=O) groups excluding carboxylic acids is 1. The summed E-state index contributed by atoms with van der Waals surface area (Å²) in [6.45, 7) is 3.18. The van der Waals surface area contributed by atoms with Crippen LogP contribution in [0.5, 0.6) is 0 Å². The molecule has 0 N–H and O–H groups in total. The molecule has 0 spiro atoms. The highest BCUT2D eigenvalue weighted by molar-refractivity contribution is 7.89. The molecule has 0 atom stereocenters. The summed E-state index contributed by atoms with van der Waals surface area (Å²) >= 11 is 0. The van der Waals surface area contributed by atoms with E-state index in [4.69, 9.17) is 0 Å². The highest BCUT2D eigenvalue weighted by Crippen LogP contribution is 2.20. The third kappa shape index (κ3) is 4.38. The lowest BCUT2D eigenvalue weighted by Gasteiger charge is -2.22. The van der Waals surface area contributed by atoms with Crippen LogP contribution in [0, 0.1) is 12.7 Å². The standard InChI is InChI=1S/C22H23FN4O3S/c1-17-3-9-20(10-4-17)31(29,30)26-12-2-11-25(13-14-26)22(28)21-15-24-16-27(21)19-7-5-18(23)6-8-19/h3-10,15-16H,2,11-14H2,1H3. The van der Waals surface area contributed by atoms with Gasteiger partial charge in [-0.2, -0.15) is 4.31 Å². The molecule has 7 nitrogen and oxygen atoms in total. The lowest BCUT2D eigenvalue weighted by molar-refractivity contribution is 0.0756. The lowest BCUT2D eigenvalue weighted by Crippen LogP contribution is -2.37. The van der Waals surface area contributed by atoms with Crippen molar-refractivity contribution >= 4 is 15.9 Å². The molecule has 3 aromatic rings. The van der Waals surface area contributed by atoms with Crippen molar-refractivity contribution in [3.05, 3.63) is 78.1 Å². The van der Waals surface area contributed by atoms with Crippen molar-refractivity contribution in [3.8, 4) is 5.69 Å². The molecule has 0 saturated carbocycles. The van der Waals surface area contributed by atoms with Crippen LogP contribution in [0.3, 0.4) is 0 Å². The Balaban J connectivity index is 1.51. The first-order valence-electron chi connectivity index (χ1n) is 10.0. The summed E-state index contributed by atoms with van der Waals surface area (Å²) in [7, 11) is -3.62. The molecular formula is C22H23FN4O3S. The molecule has 162 valence electrons. The van der Waals surface area contributed by atoms with Crippen LogP contribution >= 0.6 is 0 Å². The van der Waals surface area contributed by atoms with Gasteiger partial charge in [0.25, 0.3) is 5.91 Å². The van der Waals surface area contributed by atoms with E-state index in [1.54, 1.807) is 45.9 Å². The van der Waals surface area contributed by atoms with E-state index in [2.05, 4.69) is 4.98 Å². The minimum absolute atomic E-state index is 0.215. The Labute approximate surface area is 180 Å². The van der Waals surface area contributed by atoms with Gasteiger partial charge in [0, 0.05) is 31.9 Å². The van der Waals surface area contributed by atoms with Crippen molar-refractivity contribution in [2.45, 2.75) is 18.2 Å². The minimum atomic E-state index is -3.62. The predicted octanol–water partition coefficient (Wildman–Crippen LogP) is 2.86. The van der Waals surface area contributed by atoms with E-state index in [1.165, 1.54) is 29.0 Å². The number of benzene rings is 2. The highest BCUT2D eigenvalue weighted by atomic mass is 32.2. The number of hydrogen-bond donors (Lipinski definition) is 0. The summed E-state index contributed by atoms with van der Waals surface area (Å²) in [4.78, 5) is 19.1. The number of hydrogen-bond acceptors (Lipinski definition) is 4. The smallest absolute Gasteiger partial charge is 0.272 e. The van der Waals surface area contributed by atoms with Crippen molar-refractivity contribution in [2.24, 2.45) is 0 Å². The first-order chi connectivity index (χ1) is 14.9. The van der Waals surface area contributed by atoms with Gasteiger partial charge in [-0.3, -0.25) is 9.36 Å². The van der Waals surface area contributed by atoms with E-state index in [-0.39, 0.29) is 29.7 Å². The summed E-state index contributed by atoms with van der Waals surface area (Å²) in [6, 6.07) is 12.6. The Morgan fingerprint density at radius 2 is 1.68 bits per heavy atom. The molecule has 1 aromatic heterocycles. The van der Waals surface area contributed by atoms with E-state index in [0.29, 0.717) is 30.9 Å². The van der Waals surface area contributed by atoms with Crippen LogP contribution < -0.4 is 0 Å². The Bertz CT molecular complexity index is 1170. The molecule has 2 heterocycles. The number of aromatic nitrogens is 2. The number of amides is 1. The monoisotopic (exact) mass is 442 g/mol. The summed E-state index contributed by atoms with van der Waals surface area (Å²) in [5.41, 5.74) is 1.96. The van der Waals surface area contributed by atoms with Gasteiger partial charge in [0.2, 0.25) is 10.0 Å². The largest absolute Gasteiger partial charge is 0.336 e. The van der Waals surface area contributed by atoms with Crippen molar-refractivity contribution in [3.63, 3.8) is 0 Å². The average molecular weight is 443 g/mol. The molecule has 0 bridgehead atoms. The number of halogens is 1. The quantitative estimate of drug-likeness (QED) is 0.623. The summed E-state index contributed by atoms with van der Waals surface area (Å²) in [5.74, 6) is -0.601. The van der Waals surface area contributed by atoms with Crippen LogP contribution in [0.1, 0.15) is 22.5 Å². The van der Waals surface area contributed by atoms with E-state index >= 15 is 0 Å². The zero-order valence-electron chi connectivity index (χ0n) is 17.1. The fourth-order valence-electron chi connectivity index (χ4n) is 3.62. The van der Waals surface area contributed by atoms with Crippen molar-refractivity contribution in [1.29, 1.82) is 0 Å². The molecule has 1 aliphatic heterocycles. The normalized spacial score (nSPS) is 15.6. The van der Waals surface area contributed by atoms with Gasteiger partial charge in [-0.1, -0.05) is 17.7 Å². The number of nitrogens with zero attached hydrogens (tertiary/aromatic N) is 4. The Morgan fingerprint density at radius 3 is 2.39 bits per heavy atom. The summed E-state index contributed by atoms with van der Waals surface area (Å²) < 4.78 is 42.3. The molecule has 2 aromatic carbocycles. The summed E-state index contributed by atoms with van der Waals surface area (Å²) in [5, 5.41) is 0. The topological polar surface area (TPSA) is 75.5 Å². The molecular weight excluding hydrogens is 419 g/mol. The maximum atomic E-state index is 13.2. The Hall–Kier alpha value is -3.04. The van der Waals surface area contributed by atoms with Gasteiger partial charge in [-0.05, 0) is 49.7 Å². The fourth-order valence-corrected chi connectivity index (χ4v) is 5.09. The predicted molar refractivity (Wildman–Crippen MR) is 114 cm³/mol. The Kier molecular flexibility index (Phi) is 5.88. The third-order valence-corrected chi connectivity index (χ3v) is 7.28. The number of carbonyl (C=O) groups is 1. The van der Waals surface area contributed by atoms with Crippen molar-refractivity contribution in [2.75, 3.05) is 26.2 Å². The zero-order chi connectivity index (χ0) is 22.0. The molecule has 0 radical (unpaired) electrons. The SMILES string of the molecule is Cc1ccc(S(=O)(=O)N2CCCN(C(=O)c3cncn3-c3ccc(F)cc3)CC2)cc1. The van der Waals surface area contributed by atoms with Gasteiger partial charge in [0.05, 0.1) is 17.4 Å². The fraction of sp³-hybridized carbons (Fsp3) is 0.273. The van der Waals surface area contributed by atoms with Crippen LogP contribution in [0.25, 0.3) is 5.69 Å². The van der Waals surface area contributed by atoms with E-state index in [1.807, 2.05) is 6.92 Å². The van der Waals surface area contributed by atoms with Gasteiger partial charge in [-0.25, -0.2) is 17.8 Å². The zero-order valence-corrected chi connectivity index (χ0v) is 17.9. The lowest BCUT2D eigenvalue weighted by atomic mass is 10.2. The number of aryl methyl sites for hydroxylation is 1. The second-order valence-electron chi connectivity index (χ2n) is 7.49. The maximum Gasteiger partial charge on any atom is 0.272 e. The van der Waals surface area contributed by atoms with E-state index < -0.39 is 10.0 Å². The first-order valence-corrected chi connectivity index (χ1v) is 11.4. The van der Waals surface area contributed by atoms with Gasteiger partial charge < -0.3 is 4.90 Å². The number of rotatable bonds is 4. The Morgan fingerprint density at radius 1 is 0.968 bits per heavy atom. The molecule has 1 fully saturated rings. The second kappa shape index (κ2) is 8.60. The molecule has 31 heavy (non-hydrogen) atoms. The summed E-state index contributed by atoms with van der Waals surface area (Å²) in [6.07, 6.45) is 3.51. The molecule has 9 heteroatoms. The van der Waals surface area contributed by atoms with Crippen LogP contribution in [0.2, 0.25) is 0 Å². The van der Waals surface area contributed by atoms with Crippen LogP contribution in [-0.2, 0) is 10.0 Å². The molecule has 1 aliphatic rings. The molecule has 1 amide bonds. The maximum absolute atomic E-state index is 13.2. The van der Waals surface area contributed by atoms with Gasteiger partial charge in [-0.15, -0.1) is 0 Å². The number of sulfonamides is 1. The average Bonchev–Trinajstić information content (AvgIpc) is 3.10. The van der Waals surface area contributed by atoms with E-state index in [0.717, 1.165) is 5.56 Å². The second-order valence-corrected chi connectivity index (χ2v) is 9.43. The van der Waals surface area contributed by atoms with Crippen LogP contribution in [-0.4, -0.2) is 59.3 Å². The highest BCUT2D eigenvalue weighted by Gasteiger charge is 2.29. The van der Waals surface area contributed by atoms with Gasteiger partial charge in [0.1, 0.15) is 11.5 Å². The molecule has 1 saturated heterocycles. The van der Waals surface area contributed by atoms with E-state index in [9.17, 15) is 17.6 Å². The molecule has 0 aliphatic carbocycles. The van der Waals surface area contributed by atoms with Crippen LogP contribution in [0.15, 0.2) is 66.0 Å². The van der Waals surface area contributed by atoms with Gasteiger partial charge >= 0.3 is 0 Å². The van der Waals surface area contributed by atoms with Crippen molar-refractivity contribution in [1.82, 2.24) is 18.8 Å². The molecule has 0 unspecified atom stereocenters. The number of imidazole rings is 1. The minimum Gasteiger partial charge on any atom is -0.336 e.